The Morgan fingerprint density at radius 2 is 1.12 bits per heavy atom. The molecule has 2 saturated heterocycles. The molecule has 0 radical (unpaired) electrons. The van der Waals surface area contributed by atoms with Gasteiger partial charge in [0.05, 0.1) is 18.9 Å². The molecule has 2 aliphatic heterocycles. The maximum Gasteiger partial charge on any atom is 0.101 e. The fourth-order valence-electron chi connectivity index (χ4n) is 3.86. The Morgan fingerprint density at radius 1 is 0.720 bits per heavy atom. The second-order valence-electron chi connectivity index (χ2n) is 7.05. The summed E-state index contributed by atoms with van der Waals surface area (Å²) in [5.41, 5.74) is 2.51. The first kappa shape index (κ1) is 16.7. The van der Waals surface area contributed by atoms with E-state index in [0.29, 0.717) is 25.5 Å². The van der Waals surface area contributed by atoms with Crippen molar-refractivity contribution >= 4 is 0 Å². The van der Waals surface area contributed by atoms with Crippen molar-refractivity contribution in [3.63, 3.8) is 0 Å². The van der Waals surface area contributed by atoms with Crippen molar-refractivity contribution in [2.75, 3.05) is 20.1 Å². The van der Waals surface area contributed by atoms with Gasteiger partial charge in [-0.2, -0.15) is 0 Å². The first-order valence-corrected chi connectivity index (χ1v) is 9.05. The lowest BCUT2D eigenvalue weighted by Gasteiger charge is -2.29. The second kappa shape index (κ2) is 7.26. The zero-order valence-electron chi connectivity index (χ0n) is 14.9. The van der Waals surface area contributed by atoms with Gasteiger partial charge in [-0.1, -0.05) is 60.7 Å². The van der Waals surface area contributed by atoms with Crippen LogP contribution in [-0.4, -0.2) is 42.0 Å². The van der Waals surface area contributed by atoms with E-state index in [2.05, 4.69) is 72.2 Å². The van der Waals surface area contributed by atoms with Crippen molar-refractivity contribution in [2.24, 2.45) is 0 Å². The first-order valence-electron chi connectivity index (χ1n) is 9.05. The highest BCUT2D eigenvalue weighted by atomic mass is 16.5. The van der Waals surface area contributed by atoms with Crippen molar-refractivity contribution in [3.05, 3.63) is 71.8 Å². The highest BCUT2D eigenvalue weighted by Gasteiger charge is 2.38. The monoisotopic (exact) mass is 338 g/mol. The maximum atomic E-state index is 6.08. The van der Waals surface area contributed by atoms with E-state index in [1.807, 2.05) is 12.1 Å². The van der Waals surface area contributed by atoms with Gasteiger partial charge >= 0.3 is 0 Å². The number of rotatable bonds is 4. The molecule has 4 atom stereocenters. The van der Waals surface area contributed by atoms with Crippen molar-refractivity contribution in [3.8, 4) is 0 Å². The fourth-order valence-corrected chi connectivity index (χ4v) is 3.86. The average molecular weight is 338 g/mol. The molecule has 0 spiro atoms. The predicted molar refractivity (Wildman–Crippen MR) is 97.7 cm³/mol. The quantitative estimate of drug-likeness (QED) is 0.847. The van der Waals surface area contributed by atoms with E-state index in [-0.39, 0.29) is 12.2 Å². The molecule has 4 nitrogen and oxygen atoms in total. The zero-order chi connectivity index (χ0) is 17.2. The minimum absolute atomic E-state index is 0.143. The van der Waals surface area contributed by atoms with Crippen molar-refractivity contribution in [1.82, 2.24) is 9.80 Å². The van der Waals surface area contributed by atoms with Gasteiger partial charge < -0.3 is 9.47 Å². The van der Waals surface area contributed by atoms with Crippen LogP contribution in [0.3, 0.4) is 0 Å². The van der Waals surface area contributed by atoms with Crippen molar-refractivity contribution in [1.29, 1.82) is 0 Å². The van der Waals surface area contributed by atoms with E-state index in [9.17, 15) is 0 Å². The molecule has 0 amide bonds. The van der Waals surface area contributed by atoms with Gasteiger partial charge in [0.15, 0.2) is 0 Å². The predicted octanol–water partition coefficient (Wildman–Crippen LogP) is 3.78. The van der Waals surface area contributed by atoms with Gasteiger partial charge in [-0.15, -0.1) is 0 Å². The topological polar surface area (TPSA) is 24.9 Å². The molecule has 2 fully saturated rings. The normalized spacial score (nSPS) is 30.8. The van der Waals surface area contributed by atoms with Crippen LogP contribution in [0.2, 0.25) is 0 Å². The van der Waals surface area contributed by atoms with E-state index in [1.54, 1.807) is 0 Å². The molecule has 0 aliphatic carbocycles. The standard InChI is InChI=1S/C21H26N2O2/c1-16-20(18-9-5-3-6-10-18)24-14-22(16)13-23-15-25-21(17(23)2)19-11-7-4-8-12-19/h3-12,16-17,20-21H,13-15H2,1-2H3/t16-,17-,20-,21-/m0/s1. The summed E-state index contributed by atoms with van der Waals surface area (Å²) in [6.45, 7) is 6.71. The van der Waals surface area contributed by atoms with Crippen LogP contribution in [0.15, 0.2) is 60.7 Å². The molecule has 2 heterocycles. The molecule has 0 unspecified atom stereocenters. The molecule has 0 saturated carbocycles. The smallest absolute Gasteiger partial charge is 0.101 e. The maximum absolute atomic E-state index is 6.08. The van der Waals surface area contributed by atoms with Gasteiger partial charge in [-0.25, -0.2) is 0 Å². The van der Waals surface area contributed by atoms with Crippen LogP contribution < -0.4 is 0 Å². The molecule has 2 aromatic carbocycles. The van der Waals surface area contributed by atoms with Crippen LogP contribution in [0.1, 0.15) is 37.2 Å². The van der Waals surface area contributed by atoms with Crippen molar-refractivity contribution in [2.45, 2.75) is 38.1 Å². The molecule has 0 bridgehead atoms. The number of nitrogens with zero attached hydrogens (tertiary/aromatic N) is 2. The minimum Gasteiger partial charge on any atom is -0.356 e. The lowest BCUT2D eigenvalue weighted by Crippen LogP contribution is -2.42. The lowest BCUT2D eigenvalue weighted by molar-refractivity contribution is 0.0457. The fraction of sp³-hybridized carbons (Fsp3) is 0.429. The molecule has 25 heavy (non-hydrogen) atoms. The van der Waals surface area contributed by atoms with Gasteiger partial charge in [-0.3, -0.25) is 9.80 Å². The van der Waals surface area contributed by atoms with Crippen LogP contribution in [0.4, 0.5) is 0 Å². The highest BCUT2D eigenvalue weighted by molar-refractivity contribution is 5.21. The summed E-state index contributed by atoms with van der Waals surface area (Å²) in [6, 6.07) is 21.7. The third-order valence-corrected chi connectivity index (χ3v) is 5.49. The van der Waals surface area contributed by atoms with Crippen molar-refractivity contribution < 1.29 is 9.47 Å². The van der Waals surface area contributed by atoms with Gasteiger partial charge in [0.25, 0.3) is 0 Å². The van der Waals surface area contributed by atoms with Crippen LogP contribution in [-0.2, 0) is 9.47 Å². The highest BCUT2D eigenvalue weighted by Crippen LogP contribution is 2.34. The van der Waals surface area contributed by atoms with E-state index >= 15 is 0 Å². The molecular formula is C21H26N2O2. The molecule has 2 aliphatic rings. The first-order chi connectivity index (χ1) is 12.2. The number of hydrogen-bond donors (Lipinski definition) is 0. The Labute approximate surface area is 150 Å². The van der Waals surface area contributed by atoms with E-state index in [1.165, 1.54) is 11.1 Å². The van der Waals surface area contributed by atoms with E-state index < -0.39 is 0 Å². The third kappa shape index (κ3) is 3.35. The van der Waals surface area contributed by atoms with E-state index in [0.717, 1.165) is 6.67 Å². The summed E-state index contributed by atoms with van der Waals surface area (Å²) >= 11 is 0. The lowest BCUT2D eigenvalue weighted by atomic mass is 10.0. The molecule has 4 rings (SSSR count). The minimum atomic E-state index is 0.143. The number of ether oxygens (including phenoxy) is 2. The van der Waals surface area contributed by atoms with Crippen LogP contribution in [0.5, 0.6) is 0 Å². The summed E-state index contributed by atoms with van der Waals surface area (Å²) < 4.78 is 12.2. The average Bonchev–Trinajstić information content (AvgIpc) is 3.20. The summed E-state index contributed by atoms with van der Waals surface area (Å²) in [5.74, 6) is 0. The molecule has 0 aromatic heterocycles. The van der Waals surface area contributed by atoms with Gasteiger partial charge in [0, 0.05) is 12.1 Å². The summed E-state index contributed by atoms with van der Waals surface area (Å²) in [6.07, 6.45) is 0.287. The second-order valence-corrected chi connectivity index (χ2v) is 7.05. The Hall–Kier alpha value is -1.72. The molecule has 2 aromatic rings. The van der Waals surface area contributed by atoms with Crippen LogP contribution in [0, 0.1) is 0 Å². The van der Waals surface area contributed by atoms with Gasteiger partial charge in [-0.05, 0) is 25.0 Å². The van der Waals surface area contributed by atoms with Crippen LogP contribution in [0.25, 0.3) is 0 Å². The van der Waals surface area contributed by atoms with Crippen LogP contribution >= 0.6 is 0 Å². The Bertz CT molecular complexity index is 619. The Kier molecular flexibility index (Phi) is 4.86. The molecule has 0 N–H and O–H groups in total. The van der Waals surface area contributed by atoms with Gasteiger partial charge in [0.1, 0.15) is 13.5 Å². The molecular weight excluding hydrogens is 312 g/mol. The molecule has 132 valence electrons. The SMILES string of the molecule is C[C@H]1[C@@H](c2ccccc2)OCN1CN1CO[C@H](c2ccccc2)[C@@H]1C. The largest absolute Gasteiger partial charge is 0.356 e. The zero-order valence-corrected chi connectivity index (χ0v) is 14.9. The summed E-state index contributed by atoms with van der Waals surface area (Å²) in [7, 11) is 0. The van der Waals surface area contributed by atoms with E-state index in [4.69, 9.17) is 9.47 Å². The number of benzene rings is 2. The Morgan fingerprint density at radius 3 is 1.52 bits per heavy atom. The van der Waals surface area contributed by atoms with Gasteiger partial charge in [0.2, 0.25) is 0 Å². The summed E-state index contributed by atoms with van der Waals surface area (Å²) in [4.78, 5) is 4.79. The third-order valence-electron chi connectivity index (χ3n) is 5.49. The summed E-state index contributed by atoms with van der Waals surface area (Å²) in [5, 5.41) is 0. The number of hydrogen-bond acceptors (Lipinski definition) is 4. The Balaban J connectivity index is 1.40. The molecule has 4 heteroatoms.